The first-order chi connectivity index (χ1) is 13.5. The van der Waals surface area contributed by atoms with Crippen LogP contribution in [-0.4, -0.2) is 10.5 Å². The van der Waals surface area contributed by atoms with Crippen molar-refractivity contribution in [3.8, 4) is 0 Å². The molecule has 0 aliphatic rings. The number of nitrogens with zero attached hydrogens (tertiary/aromatic N) is 1. The predicted octanol–water partition coefficient (Wildman–Crippen LogP) is 5.14. The molecule has 0 atom stereocenters. The molecule has 1 radical (unpaired) electrons. The number of nitrogens with two attached hydrogens (primary N) is 1. The number of carbonyl (C=O) groups is 1. The van der Waals surface area contributed by atoms with Crippen LogP contribution in [0.4, 0.5) is 4.39 Å². The number of fused-ring (bicyclic) bond motifs is 3. The number of benzene rings is 3. The van der Waals surface area contributed by atoms with Gasteiger partial charge in [0.1, 0.15) is 5.82 Å². The summed E-state index contributed by atoms with van der Waals surface area (Å²) in [7, 11) is 0. The van der Waals surface area contributed by atoms with Crippen LogP contribution in [0.15, 0.2) is 48.5 Å². The molecule has 141 valence electrons. The molecule has 0 unspecified atom stereocenters. The van der Waals surface area contributed by atoms with Gasteiger partial charge < -0.3 is 10.3 Å². The number of rotatable bonds is 5. The topological polar surface area (TPSA) is 48.0 Å². The molecule has 0 saturated heterocycles. The van der Waals surface area contributed by atoms with Crippen LogP contribution in [0, 0.1) is 18.8 Å². The monoisotopic (exact) mass is 373 g/mol. The fourth-order valence-corrected chi connectivity index (χ4v) is 3.91. The molecule has 0 saturated carbocycles. The minimum Gasteiger partial charge on any atom is -0.366 e. The zero-order chi connectivity index (χ0) is 19.8. The maximum absolute atomic E-state index is 14.7. The average molecular weight is 373 g/mol. The summed E-state index contributed by atoms with van der Waals surface area (Å²) in [5.74, 6) is -0.672. The van der Waals surface area contributed by atoms with Crippen LogP contribution < -0.4 is 5.73 Å². The number of aromatic nitrogens is 1. The fraction of sp³-hybridized carbons (Fsp3) is 0.208. The van der Waals surface area contributed by atoms with Crippen molar-refractivity contribution in [2.75, 3.05) is 0 Å². The van der Waals surface area contributed by atoms with Crippen LogP contribution in [0.2, 0.25) is 0 Å². The lowest BCUT2D eigenvalue weighted by Crippen LogP contribution is -2.11. The zero-order valence-electron chi connectivity index (χ0n) is 16.1. The summed E-state index contributed by atoms with van der Waals surface area (Å²) in [6, 6.07) is 18.4. The van der Waals surface area contributed by atoms with Crippen LogP contribution >= 0.6 is 0 Å². The van der Waals surface area contributed by atoms with Crippen LogP contribution in [0.3, 0.4) is 0 Å². The zero-order valence-corrected chi connectivity index (χ0v) is 16.1. The van der Waals surface area contributed by atoms with Crippen LogP contribution in [-0.2, 0) is 13.0 Å². The second-order valence-electron chi connectivity index (χ2n) is 7.22. The van der Waals surface area contributed by atoms with Crippen molar-refractivity contribution in [1.29, 1.82) is 0 Å². The number of carbonyl (C=O) groups excluding carboxylic acids is 1. The van der Waals surface area contributed by atoms with E-state index in [4.69, 9.17) is 5.73 Å². The maximum atomic E-state index is 14.7. The number of aryl methyl sites for hydroxylation is 2. The highest BCUT2D eigenvalue weighted by molar-refractivity contribution is 6.17. The third kappa shape index (κ3) is 2.95. The number of hydrogen-bond acceptors (Lipinski definition) is 1. The van der Waals surface area contributed by atoms with E-state index in [1.807, 2.05) is 24.3 Å². The Morgan fingerprint density at radius 2 is 1.96 bits per heavy atom. The smallest absolute Gasteiger partial charge is 0.249 e. The molecular weight excluding hydrogens is 351 g/mol. The summed E-state index contributed by atoms with van der Waals surface area (Å²) in [6.07, 6.45) is 1.97. The Labute approximate surface area is 163 Å². The molecule has 1 amide bonds. The van der Waals surface area contributed by atoms with Gasteiger partial charge in [0.25, 0.3) is 0 Å². The van der Waals surface area contributed by atoms with Crippen molar-refractivity contribution in [2.45, 2.75) is 33.2 Å². The second kappa shape index (κ2) is 7.12. The van der Waals surface area contributed by atoms with E-state index in [1.54, 1.807) is 25.1 Å². The lowest BCUT2D eigenvalue weighted by Gasteiger charge is -2.11. The molecule has 4 aromatic rings. The Morgan fingerprint density at radius 3 is 2.71 bits per heavy atom. The lowest BCUT2D eigenvalue weighted by atomic mass is 10.0. The molecule has 4 heteroatoms. The minimum absolute atomic E-state index is 0.197. The van der Waals surface area contributed by atoms with Gasteiger partial charge in [-0.2, -0.15) is 0 Å². The normalized spacial score (nSPS) is 11.4. The molecule has 0 bridgehead atoms. The van der Waals surface area contributed by atoms with Crippen molar-refractivity contribution in [3.05, 3.63) is 82.7 Å². The summed E-state index contributed by atoms with van der Waals surface area (Å²) < 4.78 is 16.8. The first kappa shape index (κ1) is 18.2. The Hall–Kier alpha value is -3.14. The fourth-order valence-electron chi connectivity index (χ4n) is 3.91. The molecular formula is C24H22FN2O. The standard InChI is InChI=1S/C24H22FN2O/c1-3-6-16-11-12-18-21(13-16)27(14-17-8-4-7-15(2)23(17)25)20-10-5-9-19(22(18)20)24(26)28/h4-5,7-11,13H,3,6,14H2,1-2H3,(H2,26,28). The summed E-state index contributed by atoms with van der Waals surface area (Å²) in [4.78, 5) is 12.0. The third-order valence-electron chi connectivity index (χ3n) is 5.26. The summed E-state index contributed by atoms with van der Waals surface area (Å²) in [6.45, 7) is 4.27. The Morgan fingerprint density at radius 1 is 1.18 bits per heavy atom. The van der Waals surface area contributed by atoms with Gasteiger partial charge in [-0.05, 0) is 48.7 Å². The molecule has 2 N–H and O–H groups in total. The van der Waals surface area contributed by atoms with E-state index in [2.05, 4.69) is 23.6 Å². The second-order valence-corrected chi connectivity index (χ2v) is 7.22. The average Bonchev–Trinajstić information content (AvgIpc) is 2.99. The Bertz CT molecular complexity index is 1210. The quantitative estimate of drug-likeness (QED) is 0.517. The molecule has 1 aromatic heterocycles. The van der Waals surface area contributed by atoms with Gasteiger partial charge in [-0.1, -0.05) is 43.7 Å². The van der Waals surface area contributed by atoms with Crippen molar-refractivity contribution >= 4 is 27.7 Å². The molecule has 0 aliphatic carbocycles. The SMILES string of the molecule is CCCc1c[c]c2c3c(C(N)=O)cccc3n(Cc3cccc(C)c3F)c2c1. The van der Waals surface area contributed by atoms with E-state index in [-0.39, 0.29) is 5.82 Å². The van der Waals surface area contributed by atoms with Gasteiger partial charge in [-0.3, -0.25) is 4.79 Å². The number of amides is 1. The Kier molecular flexibility index (Phi) is 4.63. The van der Waals surface area contributed by atoms with Gasteiger partial charge in [0, 0.05) is 21.9 Å². The highest BCUT2D eigenvalue weighted by Crippen LogP contribution is 2.33. The van der Waals surface area contributed by atoms with E-state index >= 15 is 0 Å². The van der Waals surface area contributed by atoms with E-state index < -0.39 is 5.91 Å². The first-order valence-electron chi connectivity index (χ1n) is 9.50. The van der Waals surface area contributed by atoms with E-state index in [1.165, 1.54) is 5.56 Å². The largest absolute Gasteiger partial charge is 0.366 e. The minimum atomic E-state index is -0.475. The number of hydrogen-bond donors (Lipinski definition) is 1. The predicted molar refractivity (Wildman–Crippen MR) is 111 cm³/mol. The molecule has 0 aliphatic heterocycles. The third-order valence-corrected chi connectivity index (χ3v) is 5.26. The van der Waals surface area contributed by atoms with Gasteiger partial charge in [-0.15, -0.1) is 0 Å². The van der Waals surface area contributed by atoms with Gasteiger partial charge in [0.05, 0.1) is 17.6 Å². The first-order valence-corrected chi connectivity index (χ1v) is 9.50. The van der Waals surface area contributed by atoms with Crippen LogP contribution in [0.5, 0.6) is 0 Å². The van der Waals surface area contributed by atoms with Crippen LogP contribution in [0.25, 0.3) is 21.8 Å². The van der Waals surface area contributed by atoms with Crippen LogP contribution in [0.1, 0.15) is 40.4 Å². The van der Waals surface area contributed by atoms with Gasteiger partial charge in [-0.25, -0.2) is 4.39 Å². The molecule has 28 heavy (non-hydrogen) atoms. The van der Waals surface area contributed by atoms with E-state index in [0.29, 0.717) is 23.2 Å². The summed E-state index contributed by atoms with van der Waals surface area (Å²) in [5.41, 5.74) is 10.3. The number of halogens is 1. The molecule has 4 rings (SSSR count). The van der Waals surface area contributed by atoms with Gasteiger partial charge >= 0.3 is 0 Å². The van der Waals surface area contributed by atoms with Gasteiger partial charge in [0.15, 0.2) is 0 Å². The van der Waals surface area contributed by atoms with Crippen molar-refractivity contribution in [2.24, 2.45) is 5.73 Å². The molecule has 3 nitrogen and oxygen atoms in total. The molecule has 3 aromatic carbocycles. The van der Waals surface area contributed by atoms with Crippen molar-refractivity contribution in [3.63, 3.8) is 0 Å². The highest BCUT2D eigenvalue weighted by atomic mass is 19.1. The Balaban J connectivity index is 2.04. The van der Waals surface area contributed by atoms with E-state index in [0.717, 1.165) is 34.6 Å². The summed E-state index contributed by atoms with van der Waals surface area (Å²) >= 11 is 0. The van der Waals surface area contributed by atoms with E-state index in [9.17, 15) is 9.18 Å². The lowest BCUT2D eigenvalue weighted by molar-refractivity contribution is 0.100. The number of primary amides is 1. The maximum Gasteiger partial charge on any atom is 0.249 e. The molecule has 1 heterocycles. The molecule has 0 spiro atoms. The molecule has 0 fully saturated rings. The van der Waals surface area contributed by atoms with Gasteiger partial charge in [0.2, 0.25) is 5.91 Å². The summed E-state index contributed by atoms with van der Waals surface area (Å²) in [5, 5.41) is 1.62. The van der Waals surface area contributed by atoms with Crippen molar-refractivity contribution < 1.29 is 9.18 Å². The van der Waals surface area contributed by atoms with Crippen molar-refractivity contribution in [1.82, 2.24) is 4.57 Å². The highest BCUT2D eigenvalue weighted by Gasteiger charge is 2.18.